The summed E-state index contributed by atoms with van der Waals surface area (Å²) in [4.78, 5) is 15.0. The summed E-state index contributed by atoms with van der Waals surface area (Å²) in [5, 5.41) is 3.04. The Morgan fingerprint density at radius 2 is 1.83 bits per heavy atom. The molecule has 1 N–H and O–H groups in total. The predicted molar refractivity (Wildman–Crippen MR) is 101 cm³/mol. The number of hydrogen-bond acceptors (Lipinski definition) is 5. The molecule has 2 rings (SSSR count). The van der Waals surface area contributed by atoms with E-state index in [2.05, 4.69) is 46.7 Å². The van der Waals surface area contributed by atoms with Crippen molar-refractivity contribution in [2.75, 3.05) is 47.1 Å². The van der Waals surface area contributed by atoms with Gasteiger partial charge in [-0.25, -0.2) is 0 Å². The SMILES string of the molecule is COc1cc(I)c(C(=O)NCC(C)(C)N2CCOCC2)cc1OC. The number of ether oxygens (including phenoxy) is 3. The van der Waals surface area contributed by atoms with Gasteiger partial charge in [-0.05, 0) is 48.6 Å². The lowest BCUT2D eigenvalue weighted by molar-refractivity contribution is -0.00923. The maximum atomic E-state index is 12.6. The molecule has 1 aromatic carbocycles. The molecule has 1 aliphatic rings. The molecule has 0 aromatic heterocycles. The Morgan fingerprint density at radius 3 is 2.42 bits per heavy atom. The van der Waals surface area contributed by atoms with Crippen molar-refractivity contribution in [2.45, 2.75) is 19.4 Å². The van der Waals surface area contributed by atoms with E-state index in [1.165, 1.54) is 0 Å². The molecule has 0 radical (unpaired) electrons. The van der Waals surface area contributed by atoms with E-state index in [0.29, 0.717) is 23.6 Å². The first kappa shape index (κ1) is 19.3. The van der Waals surface area contributed by atoms with Crippen molar-refractivity contribution in [1.29, 1.82) is 0 Å². The first-order valence-corrected chi connectivity index (χ1v) is 8.99. The zero-order valence-electron chi connectivity index (χ0n) is 14.6. The van der Waals surface area contributed by atoms with Crippen molar-refractivity contribution in [1.82, 2.24) is 10.2 Å². The van der Waals surface area contributed by atoms with E-state index in [0.717, 1.165) is 29.9 Å². The highest BCUT2D eigenvalue weighted by molar-refractivity contribution is 14.1. The number of morpholine rings is 1. The van der Waals surface area contributed by atoms with Crippen LogP contribution < -0.4 is 14.8 Å². The van der Waals surface area contributed by atoms with E-state index >= 15 is 0 Å². The lowest BCUT2D eigenvalue weighted by atomic mass is 10.0. The Hall–Kier alpha value is -1.06. The average molecular weight is 448 g/mol. The molecule has 1 heterocycles. The maximum absolute atomic E-state index is 12.6. The summed E-state index contributed by atoms with van der Waals surface area (Å²) < 4.78 is 16.8. The van der Waals surface area contributed by atoms with E-state index in [1.807, 2.05) is 0 Å². The van der Waals surface area contributed by atoms with Crippen LogP contribution in [0.15, 0.2) is 12.1 Å². The number of carbonyl (C=O) groups is 1. The molecule has 134 valence electrons. The molecule has 1 aliphatic heterocycles. The Balaban J connectivity index is 2.06. The van der Waals surface area contributed by atoms with E-state index in [9.17, 15) is 4.79 Å². The Labute approximate surface area is 157 Å². The van der Waals surface area contributed by atoms with Gasteiger partial charge in [-0.15, -0.1) is 0 Å². The normalized spacial score (nSPS) is 15.9. The average Bonchev–Trinajstić information content (AvgIpc) is 2.60. The number of amides is 1. The second-order valence-electron chi connectivity index (χ2n) is 6.28. The van der Waals surface area contributed by atoms with Gasteiger partial charge >= 0.3 is 0 Å². The molecule has 1 fully saturated rings. The molecule has 0 bridgehead atoms. The summed E-state index contributed by atoms with van der Waals surface area (Å²) in [6.45, 7) is 8.09. The summed E-state index contributed by atoms with van der Waals surface area (Å²) in [6.07, 6.45) is 0. The minimum Gasteiger partial charge on any atom is -0.493 e. The highest BCUT2D eigenvalue weighted by Gasteiger charge is 2.29. The lowest BCUT2D eigenvalue weighted by Crippen LogP contribution is -2.55. The fraction of sp³-hybridized carbons (Fsp3) is 0.588. The van der Waals surface area contributed by atoms with Crippen LogP contribution in [0, 0.1) is 3.57 Å². The molecule has 0 atom stereocenters. The fourth-order valence-electron chi connectivity index (χ4n) is 2.70. The van der Waals surface area contributed by atoms with E-state index in [4.69, 9.17) is 14.2 Å². The number of rotatable bonds is 6. The van der Waals surface area contributed by atoms with Crippen LogP contribution in [-0.4, -0.2) is 63.4 Å². The van der Waals surface area contributed by atoms with Crippen molar-refractivity contribution in [3.8, 4) is 11.5 Å². The minimum absolute atomic E-state index is 0.110. The van der Waals surface area contributed by atoms with Gasteiger partial charge in [0, 0.05) is 28.7 Å². The van der Waals surface area contributed by atoms with E-state index in [1.54, 1.807) is 26.4 Å². The third-order valence-corrected chi connectivity index (χ3v) is 5.16. The first-order chi connectivity index (χ1) is 11.4. The maximum Gasteiger partial charge on any atom is 0.252 e. The number of nitrogens with zero attached hydrogens (tertiary/aromatic N) is 1. The monoisotopic (exact) mass is 448 g/mol. The molecule has 1 amide bonds. The van der Waals surface area contributed by atoms with Gasteiger partial charge in [-0.3, -0.25) is 9.69 Å². The van der Waals surface area contributed by atoms with Crippen LogP contribution in [0.25, 0.3) is 0 Å². The smallest absolute Gasteiger partial charge is 0.252 e. The van der Waals surface area contributed by atoms with Crippen LogP contribution in [0.4, 0.5) is 0 Å². The van der Waals surface area contributed by atoms with Gasteiger partial charge in [0.05, 0.1) is 33.0 Å². The van der Waals surface area contributed by atoms with Gasteiger partial charge in [-0.2, -0.15) is 0 Å². The van der Waals surface area contributed by atoms with Crippen LogP contribution >= 0.6 is 22.6 Å². The van der Waals surface area contributed by atoms with Crippen LogP contribution in [0.1, 0.15) is 24.2 Å². The van der Waals surface area contributed by atoms with Gasteiger partial charge in [0.2, 0.25) is 0 Å². The number of halogens is 1. The van der Waals surface area contributed by atoms with Crippen molar-refractivity contribution in [3.05, 3.63) is 21.3 Å². The van der Waals surface area contributed by atoms with Gasteiger partial charge in [0.25, 0.3) is 5.91 Å². The molecule has 6 nitrogen and oxygen atoms in total. The second-order valence-corrected chi connectivity index (χ2v) is 7.44. The van der Waals surface area contributed by atoms with Crippen molar-refractivity contribution in [2.24, 2.45) is 0 Å². The number of carbonyl (C=O) groups excluding carboxylic acids is 1. The van der Waals surface area contributed by atoms with Crippen LogP contribution in [0.5, 0.6) is 11.5 Å². The molecule has 7 heteroatoms. The number of benzene rings is 1. The lowest BCUT2D eigenvalue weighted by Gasteiger charge is -2.40. The third-order valence-electron chi connectivity index (χ3n) is 4.27. The van der Waals surface area contributed by atoms with Crippen molar-refractivity contribution in [3.63, 3.8) is 0 Å². The van der Waals surface area contributed by atoms with Crippen LogP contribution in [0.3, 0.4) is 0 Å². The minimum atomic E-state index is -0.124. The molecule has 1 saturated heterocycles. The topological polar surface area (TPSA) is 60.0 Å². The Morgan fingerprint density at radius 1 is 1.25 bits per heavy atom. The third kappa shape index (κ3) is 4.52. The van der Waals surface area contributed by atoms with Crippen molar-refractivity contribution < 1.29 is 19.0 Å². The summed E-state index contributed by atoms with van der Waals surface area (Å²) >= 11 is 2.14. The molecule has 0 saturated carbocycles. The Kier molecular flexibility index (Phi) is 6.70. The molecule has 0 spiro atoms. The fourth-order valence-corrected chi connectivity index (χ4v) is 3.38. The molecule has 0 unspecified atom stereocenters. The van der Waals surface area contributed by atoms with E-state index in [-0.39, 0.29) is 11.4 Å². The first-order valence-electron chi connectivity index (χ1n) is 7.91. The zero-order valence-corrected chi connectivity index (χ0v) is 16.8. The second kappa shape index (κ2) is 8.35. The van der Waals surface area contributed by atoms with Crippen molar-refractivity contribution >= 4 is 28.5 Å². The predicted octanol–water partition coefficient (Wildman–Crippen LogP) is 2.15. The molecular weight excluding hydrogens is 423 g/mol. The summed E-state index contributed by atoms with van der Waals surface area (Å²) in [6, 6.07) is 3.53. The van der Waals surface area contributed by atoms with Crippen LogP contribution in [0.2, 0.25) is 0 Å². The standard InChI is InChI=1S/C17H25IN2O4/c1-17(2,20-5-7-24-8-6-20)11-19-16(21)12-9-14(22-3)15(23-4)10-13(12)18/h9-10H,5-8,11H2,1-4H3,(H,19,21). The quantitative estimate of drug-likeness (QED) is 0.677. The summed E-state index contributed by atoms with van der Waals surface area (Å²) in [5.41, 5.74) is 0.465. The molecule has 24 heavy (non-hydrogen) atoms. The number of methoxy groups -OCH3 is 2. The van der Waals surface area contributed by atoms with Gasteiger partial charge in [-0.1, -0.05) is 0 Å². The number of hydrogen-bond donors (Lipinski definition) is 1. The molecule has 0 aliphatic carbocycles. The molecular formula is C17H25IN2O4. The zero-order chi connectivity index (χ0) is 17.7. The summed E-state index contributed by atoms with van der Waals surface area (Å²) in [5.74, 6) is 1.06. The Bertz CT molecular complexity index is 586. The molecule has 1 aromatic rings. The van der Waals surface area contributed by atoms with Gasteiger partial charge in [0.15, 0.2) is 11.5 Å². The largest absolute Gasteiger partial charge is 0.493 e. The highest BCUT2D eigenvalue weighted by atomic mass is 127. The number of nitrogens with one attached hydrogen (secondary N) is 1. The van der Waals surface area contributed by atoms with Crippen LogP contribution in [-0.2, 0) is 4.74 Å². The summed E-state index contributed by atoms with van der Waals surface area (Å²) in [7, 11) is 3.15. The van der Waals surface area contributed by atoms with Gasteiger partial charge < -0.3 is 19.5 Å². The van der Waals surface area contributed by atoms with Gasteiger partial charge in [0.1, 0.15) is 0 Å². The van der Waals surface area contributed by atoms with E-state index < -0.39 is 0 Å². The highest BCUT2D eigenvalue weighted by Crippen LogP contribution is 2.31.